The van der Waals surface area contributed by atoms with E-state index in [9.17, 15) is 0 Å². The van der Waals surface area contributed by atoms with Crippen molar-refractivity contribution in [1.29, 1.82) is 0 Å². The largest absolute Gasteiger partial charge is 0.246 e. The van der Waals surface area contributed by atoms with E-state index in [1.165, 1.54) is 16.5 Å². The summed E-state index contributed by atoms with van der Waals surface area (Å²) < 4.78 is 0. The molecule has 0 aliphatic heterocycles. The van der Waals surface area contributed by atoms with Crippen LogP contribution in [0.15, 0.2) is 164 Å². The molecule has 0 amide bonds. The van der Waals surface area contributed by atoms with Gasteiger partial charge in [0.25, 0.3) is 0 Å². The average molecular weight is 562 g/mol. The van der Waals surface area contributed by atoms with Gasteiger partial charge in [-0.05, 0) is 17.2 Å². The minimum atomic E-state index is 0.688. The summed E-state index contributed by atoms with van der Waals surface area (Å²) in [6.45, 7) is 0. The lowest BCUT2D eigenvalue weighted by molar-refractivity contribution is 1.18. The summed E-state index contributed by atoms with van der Waals surface area (Å²) in [5.41, 5.74) is 10.0. The van der Waals surface area contributed by atoms with Gasteiger partial charge in [-0.3, -0.25) is 0 Å². The van der Waals surface area contributed by atoms with Crippen molar-refractivity contribution in [2.75, 3.05) is 0 Å². The first-order valence-corrected chi connectivity index (χ1v) is 14.8. The highest BCUT2D eigenvalue weighted by molar-refractivity contribution is 6.19. The second-order valence-corrected chi connectivity index (χ2v) is 10.8. The molecule has 2 heterocycles. The van der Waals surface area contributed by atoms with Gasteiger partial charge in [-0.2, -0.15) is 0 Å². The van der Waals surface area contributed by atoms with E-state index in [2.05, 4.69) is 121 Å². The normalized spacial score (nSPS) is 11.2. The summed E-state index contributed by atoms with van der Waals surface area (Å²) in [6, 6.07) is 56.6. The highest BCUT2D eigenvalue weighted by atomic mass is 14.9. The van der Waals surface area contributed by atoms with Gasteiger partial charge < -0.3 is 0 Å². The van der Waals surface area contributed by atoms with Gasteiger partial charge >= 0.3 is 0 Å². The second-order valence-electron chi connectivity index (χ2n) is 10.8. The first-order chi connectivity index (χ1) is 21.8. The Morgan fingerprint density at radius 2 is 0.864 bits per heavy atom. The Morgan fingerprint density at radius 3 is 1.52 bits per heavy atom. The molecular weight excluding hydrogens is 534 g/mol. The predicted molar refractivity (Wildman–Crippen MR) is 182 cm³/mol. The predicted octanol–water partition coefficient (Wildman–Crippen LogP) is 10.5. The number of nitrogens with zero attached hydrogens (tertiary/aromatic N) is 3. The van der Waals surface area contributed by atoms with Crippen LogP contribution < -0.4 is 0 Å². The van der Waals surface area contributed by atoms with Crippen LogP contribution in [0.25, 0.3) is 78.0 Å². The number of fused-ring (bicyclic) bond motifs is 3. The Hall–Kier alpha value is -5.93. The minimum Gasteiger partial charge on any atom is -0.246 e. The zero-order valence-electron chi connectivity index (χ0n) is 23.9. The lowest BCUT2D eigenvalue weighted by Crippen LogP contribution is -1.98. The van der Waals surface area contributed by atoms with E-state index in [1.807, 2.05) is 42.5 Å². The van der Waals surface area contributed by atoms with Gasteiger partial charge in [-0.15, -0.1) is 0 Å². The van der Waals surface area contributed by atoms with Crippen molar-refractivity contribution >= 4 is 21.7 Å². The van der Waals surface area contributed by atoms with Crippen molar-refractivity contribution in [3.8, 4) is 56.3 Å². The maximum absolute atomic E-state index is 5.43. The number of pyridine rings is 1. The zero-order valence-corrected chi connectivity index (χ0v) is 23.9. The number of rotatable bonds is 5. The van der Waals surface area contributed by atoms with Crippen molar-refractivity contribution in [2.24, 2.45) is 0 Å². The molecule has 0 atom stereocenters. The maximum Gasteiger partial charge on any atom is 0.160 e. The molecule has 0 saturated carbocycles. The molecule has 6 aromatic carbocycles. The third kappa shape index (κ3) is 4.61. The number of para-hydroxylation sites is 1. The summed E-state index contributed by atoms with van der Waals surface area (Å²) in [4.78, 5) is 15.6. The quantitative estimate of drug-likeness (QED) is 0.196. The summed E-state index contributed by atoms with van der Waals surface area (Å²) in [5.74, 6) is 0.688. The third-order valence-electron chi connectivity index (χ3n) is 8.08. The lowest BCUT2D eigenvalue weighted by Gasteiger charge is -2.16. The van der Waals surface area contributed by atoms with Gasteiger partial charge in [0, 0.05) is 38.4 Å². The van der Waals surface area contributed by atoms with E-state index in [4.69, 9.17) is 15.0 Å². The topological polar surface area (TPSA) is 38.7 Å². The zero-order chi connectivity index (χ0) is 29.3. The van der Waals surface area contributed by atoms with E-state index in [-0.39, 0.29) is 0 Å². The molecule has 2 aromatic heterocycles. The Labute approximate surface area is 256 Å². The molecule has 44 heavy (non-hydrogen) atoms. The number of hydrogen-bond donors (Lipinski definition) is 0. The Balaban J connectivity index is 1.47. The van der Waals surface area contributed by atoms with Crippen LogP contribution in [0.4, 0.5) is 0 Å². The summed E-state index contributed by atoms with van der Waals surface area (Å²) in [5, 5.41) is 3.41. The van der Waals surface area contributed by atoms with E-state index < -0.39 is 0 Å². The van der Waals surface area contributed by atoms with Crippen LogP contribution in [0.1, 0.15) is 0 Å². The molecule has 0 spiro atoms. The molecule has 0 saturated heterocycles. The van der Waals surface area contributed by atoms with Crippen LogP contribution in [0.2, 0.25) is 0 Å². The summed E-state index contributed by atoms with van der Waals surface area (Å²) in [6.07, 6.45) is 0. The molecule has 8 rings (SSSR count). The van der Waals surface area contributed by atoms with Crippen molar-refractivity contribution in [2.45, 2.75) is 0 Å². The Morgan fingerprint density at radius 1 is 0.341 bits per heavy atom. The molecule has 0 radical (unpaired) electrons. The van der Waals surface area contributed by atoms with Crippen molar-refractivity contribution < 1.29 is 0 Å². The summed E-state index contributed by atoms with van der Waals surface area (Å²) >= 11 is 0. The van der Waals surface area contributed by atoms with Crippen LogP contribution in [0.5, 0.6) is 0 Å². The summed E-state index contributed by atoms with van der Waals surface area (Å²) in [7, 11) is 0. The molecule has 8 aromatic rings. The Bertz CT molecular complexity index is 2190. The highest BCUT2D eigenvalue weighted by Gasteiger charge is 2.19. The molecule has 0 aliphatic rings. The van der Waals surface area contributed by atoms with Gasteiger partial charge in [0.1, 0.15) is 0 Å². The van der Waals surface area contributed by atoms with Crippen LogP contribution in [-0.4, -0.2) is 15.0 Å². The van der Waals surface area contributed by atoms with Gasteiger partial charge in [-0.25, -0.2) is 15.0 Å². The van der Waals surface area contributed by atoms with Crippen molar-refractivity contribution in [3.05, 3.63) is 164 Å². The minimum absolute atomic E-state index is 0.688. The molecule has 0 unspecified atom stereocenters. The third-order valence-corrected chi connectivity index (χ3v) is 8.08. The van der Waals surface area contributed by atoms with Crippen molar-refractivity contribution in [3.63, 3.8) is 0 Å². The van der Waals surface area contributed by atoms with Crippen LogP contribution in [-0.2, 0) is 0 Å². The van der Waals surface area contributed by atoms with Crippen LogP contribution in [0, 0.1) is 0 Å². The van der Waals surface area contributed by atoms with Gasteiger partial charge in [0.2, 0.25) is 0 Å². The fourth-order valence-corrected chi connectivity index (χ4v) is 6.02. The maximum atomic E-state index is 5.43. The molecular formula is C41H27N3. The molecule has 0 bridgehead atoms. The number of benzene rings is 6. The first kappa shape index (κ1) is 25.8. The van der Waals surface area contributed by atoms with Gasteiger partial charge in [-0.1, -0.05) is 158 Å². The monoisotopic (exact) mass is 561 g/mol. The van der Waals surface area contributed by atoms with Crippen LogP contribution >= 0.6 is 0 Å². The fourth-order valence-electron chi connectivity index (χ4n) is 6.02. The average Bonchev–Trinajstić information content (AvgIpc) is 3.12. The molecule has 0 aliphatic carbocycles. The fraction of sp³-hybridized carbons (Fsp3) is 0. The SMILES string of the molecule is c1ccc(-c2cc(-c3cccc4c3nc(-c3ccccc3)c3cccc(-c5ccccc5)c34)nc(-c3ccccc3)n2)cc1. The standard InChI is InChI=1S/C41H27N3/c1-5-15-28(16-6-1)32-23-13-25-34-38(32)35-26-14-24-33(40(35)44-39(34)30-19-9-3-10-20-30)37-27-36(29-17-7-2-8-18-29)42-41(43-37)31-21-11-4-12-22-31/h1-27H. The van der Waals surface area contributed by atoms with E-state index in [0.717, 1.165) is 55.6 Å². The van der Waals surface area contributed by atoms with E-state index in [1.54, 1.807) is 0 Å². The van der Waals surface area contributed by atoms with E-state index in [0.29, 0.717) is 5.82 Å². The number of aromatic nitrogens is 3. The van der Waals surface area contributed by atoms with Crippen molar-refractivity contribution in [1.82, 2.24) is 15.0 Å². The van der Waals surface area contributed by atoms with E-state index >= 15 is 0 Å². The Kier molecular flexibility index (Phi) is 6.47. The number of hydrogen-bond acceptors (Lipinski definition) is 3. The highest BCUT2D eigenvalue weighted by Crippen LogP contribution is 2.41. The smallest absolute Gasteiger partial charge is 0.160 e. The second kappa shape index (κ2) is 11.0. The van der Waals surface area contributed by atoms with Gasteiger partial charge in [0.15, 0.2) is 5.82 Å². The molecule has 3 heteroatoms. The molecule has 0 N–H and O–H groups in total. The lowest BCUT2D eigenvalue weighted by atomic mass is 9.91. The van der Waals surface area contributed by atoms with Crippen LogP contribution in [0.3, 0.4) is 0 Å². The first-order valence-electron chi connectivity index (χ1n) is 14.8. The molecule has 206 valence electrons. The molecule has 3 nitrogen and oxygen atoms in total. The molecule has 0 fully saturated rings. The van der Waals surface area contributed by atoms with Gasteiger partial charge in [0.05, 0.1) is 22.6 Å².